The zero-order chi connectivity index (χ0) is 15.4. The molecule has 0 bridgehead atoms. The lowest BCUT2D eigenvalue weighted by Crippen LogP contribution is -2.19. The van der Waals surface area contributed by atoms with Crippen LogP contribution in [-0.4, -0.2) is 17.1 Å². The van der Waals surface area contributed by atoms with Crippen LogP contribution < -0.4 is 10.6 Å². The van der Waals surface area contributed by atoms with Gasteiger partial charge in [0, 0.05) is 14.9 Å². The lowest BCUT2D eigenvalue weighted by molar-refractivity contribution is 0.0696. The minimum Gasteiger partial charge on any atom is -0.478 e. The molecule has 0 saturated heterocycles. The normalized spacial score (nSPS) is 10.0. The first kappa shape index (κ1) is 15.3. The van der Waals surface area contributed by atoms with E-state index >= 15 is 0 Å². The first-order valence-corrected chi connectivity index (χ1v) is 7.21. The summed E-state index contributed by atoms with van der Waals surface area (Å²) in [5.41, 5.74) is 2.04. The quantitative estimate of drug-likeness (QED) is 0.688. The summed E-state index contributed by atoms with van der Waals surface area (Å²) < 4.78 is 1.08. The molecule has 21 heavy (non-hydrogen) atoms. The molecule has 2 amide bonds. The summed E-state index contributed by atoms with van der Waals surface area (Å²) in [5, 5.41) is 14.3. The number of carbonyl (C=O) groups excluding carboxylic acids is 1. The van der Waals surface area contributed by atoms with Gasteiger partial charge in [-0.15, -0.1) is 0 Å². The number of aromatic carboxylic acids is 1. The predicted molar refractivity (Wildman–Crippen MR) is 89.9 cm³/mol. The van der Waals surface area contributed by atoms with Crippen LogP contribution in [0.3, 0.4) is 0 Å². The number of hydrogen-bond acceptors (Lipinski definition) is 2. The average Bonchev–Trinajstić information content (AvgIpc) is 2.41. The van der Waals surface area contributed by atoms with Crippen molar-refractivity contribution in [3.05, 3.63) is 57.2 Å². The molecule has 0 atom stereocenters. The van der Waals surface area contributed by atoms with Crippen LogP contribution in [-0.2, 0) is 0 Å². The monoisotopic (exact) mass is 396 g/mol. The molecule has 2 aromatic rings. The Hall–Kier alpha value is -2.09. The highest BCUT2D eigenvalue weighted by molar-refractivity contribution is 14.1. The Balaban J connectivity index is 2.04. The Morgan fingerprint density at radius 1 is 1.00 bits per heavy atom. The number of aryl methyl sites for hydroxylation is 1. The third-order valence-electron chi connectivity index (χ3n) is 2.82. The lowest BCUT2D eigenvalue weighted by atomic mass is 10.1. The van der Waals surface area contributed by atoms with Gasteiger partial charge in [-0.1, -0.05) is 0 Å². The molecule has 0 aliphatic heterocycles. The highest BCUT2D eigenvalue weighted by Crippen LogP contribution is 2.16. The van der Waals surface area contributed by atoms with E-state index in [1.807, 2.05) is 12.1 Å². The largest absolute Gasteiger partial charge is 0.478 e. The second-order valence-corrected chi connectivity index (χ2v) is 5.67. The molecule has 0 spiro atoms. The average molecular weight is 396 g/mol. The Bertz CT molecular complexity index is 684. The van der Waals surface area contributed by atoms with E-state index in [0.717, 1.165) is 3.57 Å². The summed E-state index contributed by atoms with van der Waals surface area (Å²) in [7, 11) is 0. The van der Waals surface area contributed by atoms with Gasteiger partial charge in [-0.25, -0.2) is 9.59 Å². The Labute approximate surface area is 135 Å². The maximum absolute atomic E-state index is 11.9. The zero-order valence-corrected chi connectivity index (χ0v) is 13.3. The van der Waals surface area contributed by atoms with E-state index in [-0.39, 0.29) is 11.6 Å². The van der Waals surface area contributed by atoms with Crippen molar-refractivity contribution in [3.8, 4) is 0 Å². The fourth-order valence-corrected chi connectivity index (χ4v) is 2.17. The van der Waals surface area contributed by atoms with Gasteiger partial charge in [0.1, 0.15) is 0 Å². The lowest BCUT2D eigenvalue weighted by Gasteiger charge is -2.09. The number of carbonyl (C=O) groups is 2. The number of urea groups is 1. The van der Waals surface area contributed by atoms with Gasteiger partial charge in [0.25, 0.3) is 0 Å². The van der Waals surface area contributed by atoms with Gasteiger partial charge in [0.15, 0.2) is 0 Å². The van der Waals surface area contributed by atoms with Crippen LogP contribution in [0.15, 0.2) is 42.5 Å². The van der Waals surface area contributed by atoms with Gasteiger partial charge < -0.3 is 15.7 Å². The maximum Gasteiger partial charge on any atom is 0.335 e. The van der Waals surface area contributed by atoms with Gasteiger partial charge >= 0.3 is 12.0 Å². The van der Waals surface area contributed by atoms with E-state index in [0.29, 0.717) is 16.9 Å². The standard InChI is InChI=1S/C15H13IN2O3/c1-9-8-12(6-7-13(9)14(19)20)18-15(21)17-11-4-2-10(16)3-5-11/h2-8H,1H3,(H,19,20)(H2,17,18,21). The summed E-state index contributed by atoms with van der Waals surface area (Å²) in [5.74, 6) is -0.984. The number of amides is 2. The van der Waals surface area contributed by atoms with E-state index in [9.17, 15) is 9.59 Å². The number of carboxylic acids is 1. The fourth-order valence-electron chi connectivity index (χ4n) is 1.81. The first-order valence-electron chi connectivity index (χ1n) is 6.13. The summed E-state index contributed by atoms with van der Waals surface area (Å²) in [6, 6.07) is 11.7. The summed E-state index contributed by atoms with van der Waals surface area (Å²) in [6.45, 7) is 1.69. The van der Waals surface area contributed by atoms with Crippen molar-refractivity contribution in [3.63, 3.8) is 0 Å². The highest BCUT2D eigenvalue weighted by atomic mass is 127. The van der Waals surface area contributed by atoms with Gasteiger partial charge in [-0.3, -0.25) is 0 Å². The smallest absolute Gasteiger partial charge is 0.335 e. The van der Waals surface area contributed by atoms with Crippen LogP contribution in [0.25, 0.3) is 0 Å². The number of nitrogens with one attached hydrogen (secondary N) is 2. The summed E-state index contributed by atoms with van der Waals surface area (Å²) in [6.07, 6.45) is 0. The molecular weight excluding hydrogens is 383 g/mol. The third kappa shape index (κ3) is 4.19. The minimum absolute atomic E-state index is 0.221. The second kappa shape index (κ2) is 6.57. The van der Waals surface area contributed by atoms with E-state index < -0.39 is 5.97 Å². The molecule has 0 heterocycles. The molecule has 6 heteroatoms. The molecule has 0 unspecified atom stereocenters. The molecular formula is C15H13IN2O3. The van der Waals surface area contributed by atoms with Crippen LogP contribution in [0.1, 0.15) is 15.9 Å². The highest BCUT2D eigenvalue weighted by Gasteiger charge is 2.08. The first-order chi connectivity index (χ1) is 9.95. The number of carboxylic acid groups (broad SMARTS) is 1. The van der Waals surface area contributed by atoms with Crippen molar-refractivity contribution in [2.45, 2.75) is 6.92 Å². The molecule has 3 N–H and O–H groups in total. The molecule has 2 aromatic carbocycles. The number of anilines is 2. The van der Waals surface area contributed by atoms with Crippen molar-refractivity contribution < 1.29 is 14.7 Å². The molecule has 0 aliphatic carbocycles. The predicted octanol–water partition coefficient (Wildman–Crippen LogP) is 3.94. The molecule has 108 valence electrons. The number of hydrogen-bond donors (Lipinski definition) is 3. The molecule has 5 nitrogen and oxygen atoms in total. The molecule has 0 saturated carbocycles. The number of rotatable bonds is 3. The van der Waals surface area contributed by atoms with Gasteiger partial charge in [-0.05, 0) is 77.5 Å². The van der Waals surface area contributed by atoms with E-state index in [1.165, 1.54) is 6.07 Å². The van der Waals surface area contributed by atoms with Crippen molar-refractivity contribution in [1.82, 2.24) is 0 Å². The number of halogens is 1. The molecule has 2 rings (SSSR count). The van der Waals surface area contributed by atoms with Gasteiger partial charge in [0.05, 0.1) is 5.56 Å². The van der Waals surface area contributed by atoms with Crippen LogP contribution in [0.5, 0.6) is 0 Å². The van der Waals surface area contributed by atoms with E-state index in [2.05, 4.69) is 33.2 Å². The van der Waals surface area contributed by atoms with Crippen LogP contribution >= 0.6 is 22.6 Å². The van der Waals surface area contributed by atoms with Crippen molar-refractivity contribution in [2.75, 3.05) is 10.6 Å². The maximum atomic E-state index is 11.9. The Morgan fingerprint density at radius 2 is 1.57 bits per heavy atom. The summed E-state index contributed by atoms with van der Waals surface area (Å²) >= 11 is 2.18. The fraction of sp³-hybridized carbons (Fsp3) is 0.0667. The van der Waals surface area contributed by atoms with Crippen LogP contribution in [0.4, 0.5) is 16.2 Å². The molecule has 0 radical (unpaired) electrons. The van der Waals surface area contributed by atoms with Gasteiger partial charge in [0.2, 0.25) is 0 Å². The third-order valence-corrected chi connectivity index (χ3v) is 3.54. The Morgan fingerprint density at radius 3 is 2.14 bits per heavy atom. The van der Waals surface area contributed by atoms with Crippen LogP contribution in [0.2, 0.25) is 0 Å². The second-order valence-electron chi connectivity index (χ2n) is 4.42. The minimum atomic E-state index is -0.984. The number of benzene rings is 2. The zero-order valence-electron chi connectivity index (χ0n) is 11.2. The van der Waals surface area contributed by atoms with Crippen LogP contribution in [0, 0.1) is 10.5 Å². The van der Waals surface area contributed by atoms with E-state index in [1.54, 1.807) is 31.2 Å². The summed E-state index contributed by atoms with van der Waals surface area (Å²) in [4.78, 5) is 22.8. The van der Waals surface area contributed by atoms with Crippen molar-refractivity contribution >= 4 is 46.0 Å². The Kier molecular flexibility index (Phi) is 4.79. The molecule has 0 fully saturated rings. The topological polar surface area (TPSA) is 78.4 Å². The van der Waals surface area contributed by atoms with Crippen molar-refractivity contribution in [1.29, 1.82) is 0 Å². The SMILES string of the molecule is Cc1cc(NC(=O)Nc2ccc(I)cc2)ccc1C(=O)O. The molecule has 0 aliphatic rings. The van der Waals surface area contributed by atoms with Crippen molar-refractivity contribution in [2.24, 2.45) is 0 Å². The van der Waals surface area contributed by atoms with E-state index in [4.69, 9.17) is 5.11 Å². The van der Waals surface area contributed by atoms with Gasteiger partial charge in [-0.2, -0.15) is 0 Å². The molecule has 0 aromatic heterocycles.